The summed E-state index contributed by atoms with van der Waals surface area (Å²) in [6.07, 6.45) is 5.35. The molecule has 0 radical (unpaired) electrons. The Bertz CT molecular complexity index is 396. The van der Waals surface area contributed by atoms with Crippen molar-refractivity contribution in [3.05, 3.63) is 53.3 Å². The van der Waals surface area contributed by atoms with Crippen LogP contribution in [-0.2, 0) is 0 Å². The van der Waals surface area contributed by atoms with Crippen molar-refractivity contribution in [2.75, 3.05) is 0 Å². The monoisotopic (exact) mass is 204 g/mol. The molecule has 14 heavy (non-hydrogen) atoms. The molecule has 0 amide bonds. The molecular weight excluding hydrogens is 192 g/mol. The topological polar surface area (TPSA) is 17.1 Å². The summed E-state index contributed by atoms with van der Waals surface area (Å²) in [5.41, 5.74) is 0.998. The molecular formula is C12H12OS. The SMILES string of the molecule is C=C/C=C(\C=C)c1ccc(C(C)=O)s1. The standard InChI is InChI=1S/C12H12OS/c1-4-6-10(5-2)12-8-7-11(14-12)9(3)13/h4-8H,1-2H2,3H3/b10-6+. The highest BCUT2D eigenvalue weighted by atomic mass is 32.1. The van der Waals surface area contributed by atoms with Crippen LogP contribution in [0.1, 0.15) is 21.5 Å². The minimum atomic E-state index is 0.100. The first-order valence-electron chi connectivity index (χ1n) is 4.25. The lowest BCUT2D eigenvalue weighted by molar-refractivity contribution is 0.102. The minimum absolute atomic E-state index is 0.100. The van der Waals surface area contributed by atoms with E-state index < -0.39 is 0 Å². The number of hydrogen-bond donors (Lipinski definition) is 0. The quantitative estimate of drug-likeness (QED) is 0.540. The molecule has 1 heterocycles. The Balaban J connectivity index is 3.06. The zero-order chi connectivity index (χ0) is 10.6. The van der Waals surface area contributed by atoms with Gasteiger partial charge in [-0.05, 0) is 24.6 Å². The second-order valence-electron chi connectivity index (χ2n) is 2.78. The summed E-state index contributed by atoms with van der Waals surface area (Å²) in [4.78, 5) is 12.9. The predicted octanol–water partition coefficient (Wildman–Crippen LogP) is 3.71. The van der Waals surface area contributed by atoms with Crippen molar-refractivity contribution in [2.45, 2.75) is 6.92 Å². The maximum Gasteiger partial charge on any atom is 0.169 e. The van der Waals surface area contributed by atoms with Gasteiger partial charge in [0.15, 0.2) is 5.78 Å². The van der Waals surface area contributed by atoms with E-state index in [4.69, 9.17) is 0 Å². The van der Waals surface area contributed by atoms with Crippen LogP contribution in [0.2, 0.25) is 0 Å². The number of rotatable bonds is 4. The molecule has 0 fully saturated rings. The molecule has 0 saturated carbocycles. The van der Waals surface area contributed by atoms with Crippen LogP contribution in [0, 0.1) is 0 Å². The maximum atomic E-state index is 11.1. The predicted molar refractivity (Wildman–Crippen MR) is 62.7 cm³/mol. The van der Waals surface area contributed by atoms with Gasteiger partial charge in [-0.2, -0.15) is 0 Å². The molecule has 1 aromatic rings. The van der Waals surface area contributed by atoms with Gasteiger partial charge in [-0.3, -0.25) is 4.79 Å². The molecule has 72 valence electrons. The second-order valence-corrected chi connectivity index (χ2v) is 3.87. The molecule has 1 nitrogen and oxygen atoms in total. The first-order chi connectivity index (χ1) is 6.69. The summed E-state index contributed by atoms with van der Waals surface area (Å²) in [6.45, 7) is 8.92. The molecule has 0 atom stereocenters. The van der Waals surface area contributed by atoms with Gasteiger partial charge in [-0.1, -0.05) is 31.4 Å². The summed E-state index contributed by atoms with van der Waals surface area (Å²) < 4.78 is 0. The van der Waals surface area contributed by atoms with Crippen molar-refractivity contribution in [3.63, 3.8) is 0 Å². The number of thiophene rings is 1. The Hall–Kier alpha value is -1.41. The average molecular weight is 204 g/mol. The van der Waals surface area contributed by atoms with Crippen molar-refractivity contribution < 1.29 is 4.79 Å². The van der Waals surface area contributed by atoms with Crippen LogP contribution in [0.5, 0.6) is 0 Å². The number of ketones is 1. The van der Waals surface area contributed by atoms with Gasteiger partial charge in [0.05, 0.1) is 4.88 Å². The Kier molecular flexibility index (Phi) is 3.60. The Morgan fingerprint density at radius 1 is 1.36 bits per heavy atom. The lowest BCUT2D eigenvalue weighted by atomic mass is 10.2. The molecule has 0 aromatic carbocycles. The number of hydrogen-bond acceptors (Lipinski definition) is 2. The third-order valence-electron chi connectivity index (χ3n) is 1.75. The van der Waals surface area contributed by atoms with Crippen molar-refractivity contribution in [2.24, 2.45) is 0 Å². The number of carbonyl (C=O) groups excluding carboxylic acids is 1. The molecule has 0 aliphatic heterocycles. The highest BCUT2D eigenvalue weighted by Crippen LogP contribution is 2.25. The van der Waals surface area contributed by atoms with E-state index in [0.717, 1.165) is 15.3 Å². The molecule has 0 unspecified atom stereocenters. The van der Waals surface area contributed by atoms with Gasteiger partial charge in [-0.15, -0.1) is 11.3 Å². The maximum absolute atomic E-state index is 11.1. The van der Waals surface area contributed by atoms with E-state index in [0.29, 0.717) is 0 Å². The van der Waals surface area contributed by atoms with Crippen molar-refractivity contribution in [3.8, 4) is 0 Å². The van der Waals surface area contributed by atoms with Gasteiger partial charge in [-0.25, -0.2) is 0 Å². The zero-order valence-electron chi connectivity index (χ0n) is 8.12. The summed E-state index contributed by atoms with van der Waals surface area (Å²) in [5, 5.41) is 0. The fourth-order valence-corrected chi connectivity index (χ4v) is 1.98. The van der Waals surface area contributed by atoms with Crippen LogP contribution < -0.4 is 0 Å². The van der Waals surface area contributed by atoms with E-state index in [2.05, 4.69) is 13.2 Å². The smallest absolute Gasteiger partial charge is 0.169 e. The normalized spacial score (nSPS) is 11.1. The summed E-state index contributed by atoms with van der Waals surface area (Å²) in [5.74, 6) is 0.100. The fraction of sp³-hybridized carbons (Fsp3) is 0.0833. The number of Topliss-reactive ketones (excluding diaryl/α,β-unsaturated/α-hetero) is 1. The van der Waals surface area contributed by atoms with E-state index in [9.17, 15) is 4.79 Å². The average Bonchev–Trinajstić information content (AvgIpc) is 2.63. The largest absolute Gasteiger partial charge is 0.294 e. The van der Waals surface area contributed by atoms with Crippen molar-refractivity contribution in [1.82, 2.24) is 0 Å². The van der Waals surface area contributed by atoms with Gasteiger partial charge < -0.3 is 0 Å². The molecule has 0 spiro atoms. The van der Waals surface area contributed by atoms with Crippen LogP contribution in [0.3, 0.4) is 0 Å². The Morgan fingerprint density at radius 2 is 2.00 bits per heavy atom. The van der Waals surface area contributed by atoms with E-state index in [1.54, 1.807) is 19.1 Å². The van der Waals surface area contributed by atoms with Crippen LogP contribution in [0.25, 0.3) is 5.57 Å². The third kappa shape index (κ3) is 2.30. The lowest BCUT2D eigenvalue weighted by Crippen LogP contribution is -1.83. The minimum Gasteiger partial charge on any atom is -0.294 e. The summed E-state index contributed by atoms with van der Waals surface area (Å²) >= 11 is 1.48. The van der Waals surface area contributed by atoms with E-state index in [-0.39, 0.29) is 5.78 Å². The van der Waals surface area contributed by atoms with E-state index in [1.807, 2.05) is 18.2 Å². The molecule has 0 aliphatic rings. The van der Waals surface area contributed by atoms with Crippen LogP contribution in [-0.4, -0.2) is 5.78 Å². The summed E-state index contributed by atoms with van der Waals surface area (Å²) in [7, 11) is 0. The lowest BCUT2D eigenvalue weighted by Gasteiger charge is -1.94. The number of allylic oxidation sites excluding steroid dienone is 4. The molecule has 1 rings (SSSR count). The number of carbonyl (C=O) groups is 1. The van der Waals surface area contributed by atoms with E-state index in [1.165, 1.54) is 11.3 Å². The van der Waals surface area contributed by atoms with Crippen LogP contribution >= 0.6 is 11.3 Å². The van der Waals surface area contributed by atoms with Gasteiger partial charge in [0.1, 0.15) is 0 Å². The first-order valence-corrected chi connectivity index (χ1v) is 5.07. The summed E-state index contributed by atoms with van der Waals surface area (Å²) in [6, 6.07) is 3.77. The zero-order valence-corrected chi connectivity index (χ0v) is 8.93. The van der Waals surface area contributed by atoms with Crippen molar-refractivity contribution >= 4 is 22.7 Å². The van der Waals surface area contributed by atoms with Crippen LogP contribution in [0.15, 0.2) is 43.5 Å². The molecule has 0 aliphatic carbocycles. The molecule has 2 heteroatoms. The first kappa shape index (κ1) is 10.7. The van der Waals surface area contributed by atoms with Crippen LogP contribution in [0.4, 0.5) is 0 Å². The third-order valence-corrected chi connectivity index (χ3v) is 2.99. The molecule has 0 bridgehead atoms. The fourth-order valence-electron chi connectivity index (χ4n) is 1.06. The van der Waals surface area contributed by atoms with Gasteiger partial charge in [0.2, 0.25) is 0 Å². The van der Waals surface area contributed by atoms with Crippen molar-refractivity contribution in [1.29, 1.82) is 0 Å². The second kappa shape index (κ2) is 4.72. The van der Waals surface area contributed by atoms with Gasteiger partial charge in [0.25, 0.3) is 0 Å². The van der Waals surface area contributed by atoms with Gasteiger partial charge in [0, 0.05) is 4.88 Å². The molecule has 1 aromatic heterocycles. The highest BCUT2D eigenvalue weighted by Gasteiger charge is 2.05. The molecule has 0 saturated heterocycles. The van der Waals surface area contributed by atoms with Gasteiger partial charge >= 0.3 is 0 Å². The molecule has 0 N–H and O–H groups in total. The highest BCUT2D eigenvalue weighted by molar-refractivity contribution is 7.15. The Labute approximate surface area is 88.1 Å². The Morgan fingerprint density at radius 3 is 2.43 bits per heavy atom. The van der Waals surface area contributed by atoms with E-state index >= 15 is 0 Å².